The van der Waals surface area contributed by atoms with Crippen molar-refractivity contribution in [1.82, 2.24) is 4.90 Å². The van der Waals surface area contributed by atoms with E-state index in [1.54, 1.807) is 0 Å². The number of hydrogen-bond donors (Lipinski definition) is 1. The first-order chi connectivity index (χ1) is 6.69. The first-order valence-corrected chi connectivity index (χ1v) is 6.18. The zero-order valence-electron chi connectivity index (χ0n) is 10.00. The first kappa shape index (κ1) is 12.0. The van der Waals surface area contributed by atoms with Crippen LogP contribution in [0.5, 0.6) is 0 Å². The molecule has 14 heavy (non-hydrogen) atoms. The third kappa shape index (κ3) is 2.96. The zero-order valence-corrected chi connectivity index (χ0v) is 10.00. The third-order valence-electron chi connectivity index (χ3n) is 3.81. The van der Waals surface area contributed by atoms with Crippen molar-refractivity contribution in [2.45, 2.75) is 58.5 Å². The van der Waals surface area contributed by atoms with Crippen LogP contribution in [0, 0.1) is 5.92 Å². The molecule has 0 aromatic rings. The maximum Gasteiger partial charge on any atom is 0.00793 e. The van der Waals surface area contributed by atoms with E-state index in [0.29, 0.717) is 12.1 Å². The maximum atomic E-state index is 6.10. The second-order valence-electron chi connectivity index (χ2n) is 4.70. The number of hydrogen-bond acceptors (Lipinski definition) is 2. The lowest BCUT2D eigenvalue weighted by Crippen LogP contribution is -2.40. The molecule has 0 spiro atoms. The summed E-state index contributed by atoms with van der Waals surface area (Å²) < 4.78 is 0. The van der Waals surface area contributed by atoms with Gasteiger partial charge in [0.15, 0.2) is 0 Å². The summed E-state index contributed by atoms with van der Waals surface area (Å²) in [6.45, 7) is 9.23. The lowest BCUT2D eigenvalue weighted by Gasteiger charge is -2.31. The van der Waals surface area contributed by atoms with E-state index >= 15 is 0 Å². The molecule has 1 saturated carbocycles. The Morgan fingerprint density at radius 1 is 1.36 bits per heavy atom. The molecule has 84 valence electrons. The first-order valence-electron chi connectivity index (χ1n) is 6.18. The Morgan fingerprint density at radius 2 is 2.07 bits per heavy atom. The summed E-state index contributed by atoms with van der Waals surface area (Å²) in [5, 5.41) is 0. The Kier molecular flexibility index (Phi) is 4.90. The van der Waals surface area contributed by atoms with Crippen molar-refractivity contribution in [3.8, 4) is 0 Å². The van der Waals surface area contributed by atoms with Crippen molar-refractivity contribution in [2.75, 3.05) is 13.1 Å². The molecule has 1 rings (SSSR count). The zero-order chi connectivity index (χ0) is 10.6. The average Bonchev–Trinajstić information content (AvgIpc) is 2.59. The molecular formula is C12H26N2. The van der Waals surface area contributed by atoms with Gasteiger partial charge in [0.05, 0.1) is 0 Å². The monoisotopic (exact) mass is 198 g/mol. The van der Waals surface area contributed by atoms with E-state index in [1.807, 2.05) is 0 Å². The lowest BCUT2D eigenvalue weighted by atomic mass is 10.0. The molecule has 2 heteroatoms. The van der Waals surface area contributed by atoms with Gasteiger partial charge in [0.1, 0.15) is 0 Å². The van der Waals surface area contributed by atoms with Crippen LogP contribution in [-0.4, -0.2) is 30.1 Å². The minimum Gasteiger partial charge on any atom is -0.327 e. The van der Waals surface area contributed by atoms with E-state index < -0.39 is 0 Å². The third-order valence-corrected chi connectivity index (χ3v) is 3.81. The number of nitrogens with two attached hydrogens (primary N) is 1. The molecule has 0 heterocycles. The highest BCUT2D eigenvalue weighted by Crippen LogP contribution is 2.25. The second-order valence-corrected chi connectivity index (χ2v) is 4.70. The molecule has 2 nitrogen and oxygen atoms in total. The van der Waals surface area contributed by atoms with Crippen LogP contribution in [0.1, 0.15) is 46.5 Å². The molecule has 0 bridgehead atoms. The van der Waals surface area contributed by atoms with Gasteiger partial charge in [-0.25, -0.2) is 0 Å². The van der Waals surface area contributed by atoms with Crippen molar-refractivity contribution < 1.29 is 0 Å². The van der Waals surface area contributed by atoms with E-state index in [2.05, 4.69) is 25.7 Å². The normalized spacial score (nSPS) is 29.8. The Labute approximate surface area is 88.8 Å². The second kappa shape index (κ2) is 5.72. The molecule has 3 unspecified atom stereocenters. The predicted molar refractivity (Wildman–Crippen MR) is 62.3 cm³/mol. The van der Waals surface area contributed by atoms with Gasteiger partial charge < -0.3 is 10.6 Å². The molecule has 1 aliphatic rings. The van der Waals surface area contributed by atoms with Gasteiger partial charge in [-0.3, -0.25) is 0 Å². The lowest BCUT2D eigenvalue weighted by molar-refractivity contribution is 0.176. The summed E-state index contributed by atoms with van der Waals surface area (Å²) in [4.78, 5) is 2.58. The fraction of sp³-hybridized carbons (Fsp3) is 1.00. The Bertz CT molecular complexity index is 158. The Balaban J connectivity index is 2.39. The fourth-order valence-electron chi connectivity index (χ4n) is 2.47. The van der Waals surface area contributed by atoms with Crippen LogP contribution < -0.4 is 5.73 Å². The fourth-order valence-corrected chi connectivity index (χ4v) is 2.47. The van der Waals surface area contributed by atoms with Gasteiger partial charge in [-0.1, -0.05) is 20.3 Å². The van der Waals surface area contributed by atoms with Crippen LogP contribution in [-0.2, 0) is 0 Å². The van der Waals surface area contributed by atoms with Crippen LogP contribution in [0.3, 0.4) is 0 Å². The van der Waals surface area contributed by atoms with E-state index in [4.69, 9.17) is 5.73 Å². The van der Waals surface area contributed by atoms with Crippen molar-refractivity contribution >= 4 is 0 Å². The predicted octanol–water partition coefficient (Wildman–Crippen LogP) is 2.23. The Morgan fingerprint density at radius 3 is 2.50 bits per heavy atom. The highest BCUT2D eigenvalue weighted by atomic mass is 15.1. The smallest absolute Gasteiger partial charge is 0.00793 e. The molecule has 0 aliphatic heterocycles. The minimum absolute atomic E-state index is 0.466. The summed E-state index contributed by atoms with van der Waals surface area (Å²) in [6.07, 6.45) is 5.16. The molecule has 1 aliphatic carbocycles. The van der Waals surface area contributed by atoms with Crippen molar-refractivity contribution in [1.29, 1.82) is 0 Å². The van der Waals surface area contributed by atoms with E-state index in [9.17, 15) is 0 Å². The van der Waals surface area contributed by atoms with Gasteiger partial charge in [0.2, 0.25) is 0 Å². The summed E-state index contributed by atoms with van der Waals surface area (Å²) >= 11 is 0. The largest absolute Gasteiger partial charge is 0.327 e. The van der Waals surface area contributed by atoms with Gasteiger partial charge in [0, 0.05) is 18.6 Å². The molecule has 2 N–H and O–H groups in total. The molecule has 0 radical (unpaired) electrons. The summed E-state index contributed by atoms with van der Waals surface area (Å²) in [5.74, 6) is 0.754. The van der Waals surface area contributed by atoms with Gasteiger partial charge in [-0.15, -0.1) is 0 Å². The highest BCUT2D eigenvalue weighted by molar-refractivity contribution is 4.83. The molecular weight excluding hydrogens is 172 g/mol. The SMILES string of the molecule is CCC(C)N(CC)CC1CCCC1N. The molecule has 0 saturated heterocycles. The van der Waals surface area contributed by atoms with Gasteiger partial charge in [-0.2, -0.15) is 0 Å². The molecule has 0 aromatic heterocycles. The van der Waals surface area contributed by atoms with Crippen molar-refractivity contribution in [2.24, 2.45) is 11.7 Å². The van der Waals surface area contributed by atoms with Crippen molar-refractivity contribution in [3.63, 3.8) is 0 Å². The van der Waals surface area contributed by atoms with Crippen LogP contribution >= 0.6 is 0 Å². The maximum absolute atomic E-state index is 6.10. The van der Waals surface area contributed by atoms with Gasteiger partial charge >= 0.3 is 0 Å². The summed E-state index contributed by atoms with van der Waals surface area (Å²) in [5.41, 5.74) is 6.10. The van der Waals surface area contributed by atoms with Crippen LogP contribution in [0.25, 0.3) is 0 Å². The Hall–Kier alpha value is -0.0800. The topological polar surface area (TPSA) is 29.3 Å². The van der Waals surface area contributed by atoms with E-state index in [1.165, 1.54) is 32.2 Å². The van der Waals surface area contributed by atoms with Gasteiger partial charge in [0.25, 0.3) is 0 Å². The molecule has 0 aromatic carbocycles. The number of nitrogens with zero attached hydrogens (tertiary/aromatic N) is 1. The van der Waals surface area contributed by atoms with Gasteiger partial charge in [-0.05, 0) is 38.6 Å². The number of rotatable bonds is 5. The van der Waals surface area contributed by atoms with Crippen LogP contribution in [0.4, 0.5) is 0 Å². The quantitative estimate of drug-likeness (QED) is 0.734. The highest BCUT2D eigenvalue weighted by Gasteiger charge is 2.26. The minimum atomic E-state index is 0.466. The molecule has 1 fully saturated rings. The van der Waals surface area contributed by atoms with E-state index in [0.717, 1.165) is 12.5 Å². The average molecular weight is 198 g/mol. The summed E-state index contributed by atoms with van der Waals surface area (Å²) in [6, 6.07) is 1.18. The van der Waals surface area contributed by atoms with Crippen molar-refractivity contribution in [3.05, 3.63) is 0 Å². The standard InChI is InChI=1S/C12H26N2/c1-4-10(3)14(5-2)9-11-7-6-8-12(11)13/h10-12H,4-9,13H2,1-3H3. The van der Waals surface area contributed by atoms with Crippen LogP contribution in [0.15, 0.2) is 0 Å². The molecule has 0 amide bonds. The molecule has 3 atom stereocenters. The van der Waals surface area contributed by atoms with Crippen LogP contribution in [0.2, 0.25) is 0 Å². The van der Waals surface area contributed by atoms with E-state index in [-0.39, 0.29) is 0 Å². The summed E-state index contributed by atoms with van der Waals surface area (Å²) in [7, 11) is 0.